The van der Waals surface area contributed by atoms with Crippen molar-refractivity contribution in [2.75, 3.05) is 30.8 Å². The maximum Gasteiger partial charge on any atom is 0.242 e. The Labute approximate surface area is 125 Å². The molecule has 1 aliphatic heterocycles. The number of aromatic nitrogens is 1. The Hall–Kier alpha value is -1.98. The lowest BCUT2D eigenvalue weighted by Gasteiger charge is -2.35. The molecular weight excluding hydrogens is 268 g/mol. The normalized spacial score (nSPS) is 18.4. The molecule has 0 aromatic carbocycles. The summed E-state index contributed by atoms with van der Waals surface area (Å²) in [6.45, 7) is 3.44. The van der Waals surface area contributed by atoms with Crippen molar-refractivity contribution in [3.8, 4) is 5.88 Å². The molecule has 21 heavy (non-hydrogen) atoms. The highest BCUT2D eigenvalue weighted by Gasteiger charge is 2.29. The summed E-state index contributed by atoms with van der Waals surface area (Å²) in [5, 5.41) is 2.73. The van der Waals surface area contributed by atoms with E-state index in [9.17, 15) is 4.79 Å². The fourth-order valence-electron chi connectivity index (χ4n) is 2.56. The third kappa shape index (κ3) is 3.56. The summed E-state index contributed by atoms with van der Waals surface area (Å²) < 4.78 is 5.58. The van der Waals surface area contributed by atoms with Crippen LogP contribution in [0.3, 0.4) is 0 Å². The van der Waals surface area contributed by atoms with Gasteiger partial charge in [0.25, 0.3) is 0 Å². The zero-order chi connectivity index (χ0) is 15.2. The van der Waals surface area contributed by atoms with Crippen molar-refractivity contribution in [3.05, 3.63) is 12.1 Å². The van der Waals surface area contributed by atoms with Crippen molar-refractivity contribution in [3.63, 3.8) is 0 Å². The molecule has 6 heteroatoms. The molecule has 6 nitrogen and oxygen atoms in total. The third-order valence-corrected chi connectivity index (χ3v) is 3.66. The molecule has 0 bridgehead atoms. The fraction of sp³-hybridized carbons (Fsp3) is 0.600. The molecule has 0 spiro atoms. The van der Waals surface area contributed by atoms with E-state index >= 15 is 0 Å². The van der Waals surface area contributed by atoms with E-state index in [1.54, 1.807) is 13.1 Å². The second-order valence-corrected chi connectivity index (χ2v) is 5.23. The number of ether oxygens (including phenoxy) is 1. The molecule has 1 atom stereocenters. The van der Waals surface area contributed by atoms with Gasteiger partial charge < -0.3 is 20.7 Å². The van der Waals surface area contributed by atoms with Gasteiger partial charge >= 0.3 is 0 Å². The van der Waals surface area contributed by atoms with Gasteiger partial charge in [-0.2, -0.15) is 4.98 Å². The molecule has 1 amide bonds. The lowest BCUT2D eigenvalue weighted by Crippen LogP contribution is -2.49. The van der Waals surface area contributed by atoms with Gasteiger partial charge in [0.05, 0.1) is 12.3 Å². The standard InChI is InChI=1S/C15H24N4O2/c1-3-10-21-15-11(16)7-8-13(18-15)19-9-5-4-6-12(19)14(20)17-2/h7-8,12H,3-6,9-10,16H2,1-2H3,(H,17,20). The summed E-state index contributed by atoms with van der Waals surface area (Å²) in [4.78, 5) is 18.6. The second kappa shape index (κ2) is 7.15. The summed E-state index contributed by atoms with van der Waals surface area (Å²) in [6, 6.07) is 3.48. The number of carbonyl (C=O) groups excluding carboxylic acids is 1. The van der Waals surface area contributed by atoms with E-state index in [0.717, 1.165) is 38.0 Å². The Balaban J connectivity index is 2.23. The minimum Gasteiger partial charge on any atom is -0.476 e. The first-order valence-electron chi connectivity index (χ1n) is 7.55. The number of rotatable bonds is 5. The highest BCUT2D eigenvalue weighted by atomic mass is 16.5. The number of piperidine rings is 1. The van der Waals surface area contributed by atoms with Crippen LogP contribution in [0.5, 0.6) is 5.88 Å². The molecule has 1 aromatic rings. The van der Waals surface area contributed by atoms with E-state index in [4.69, 9.17) is 10.5 Å². The van der Waals surface area contributed by atoms with Crippen LogP contribution in [-0.4, -0.2) is 37.1 Å². The molecule has 1 saturated heterocycles. The van der Waals surface area contributed by atoms with Crippen LogP contribution in [0.1, 0.15) is 32.6 Å². The summed E-state index contributed by atoms with van der Waals surface area (Å²) in [5.41, 5.74) is 6.42. The van der Waals surface area contributed by atoms with Gasteiger partial charge in [-0.3, -0.25) is 4.79 Å². The number of nitrogens with two attached hydrogens (primary N) is 1. The van der Waals surface area contributed by atoms with Crippen LogP contribution in [0.4, 0.5) is 11.5 Å². The lowest BCUT2D eigenvalue weighted by atomic mass is 10.0. The number of hydrogen-bond donors (Lipinski definition) is 2. The molecule has 2 heterocycles. The van der Waals surface area contributed by atoms with E-state index in [0.29, 0.717) is 18.2 Å². The molecule has 116 valence electrons. The summed E-state index contributed by atoms with van der Waals surface area (Å²) >= 11 is 0. The SMILES string of the molecule is CCCOc1nc(N2CCCCC2C(=O)NC)ccc1N. The predicted octanol–water partition coefficient (Wildman–Crippen LogP) is 1.56. The maximum absolute atomic E-state index is 12.0. The van der Waals surface area contributed by atoms with Crippen LogP contribution in [0.15, 0.2) is 12.1 Å². The maximum atomic E-state index is 12.0. The smallest absolute Gasteiger partial charge is 0.242 e. The van der Waals surface area contributed by atoms with Crippen molar-refractivity contribution in [1.82, 2.24) is 10.3 Å². The molecule has 2 rings (SSSR count). The first kappa shape index (κ1) is 15.4. The van der Waals surface area contributed by atoms with Crippen molar-refractivity contribution in [1.29, 1.82) is 0 Å². The Kier molecular flexibility index (Phi) is 5.25. The van der Waals surface area contributed by atoms with Gasteiger partial charge in [0, 0.05) is 13.6 Å². The summed E-state index contributed by atoms with van der Waals surface area (Å²) in [6.07, 6.45) is 3.86. The average Bonchev–Trinajstić information content (AvgIpc) is 2.53. The molecule has 1 aliphatic rings. The summed E-state index contributed by atoms with van der Waals surface area (Å²) in [5.74, 6) is 1.24. The van der Waals surface area contributed by atoms with Gasteiger partial charge in [-0.05, 0) is 37.8 Å². The van der Waals surface area contributed by atoms with Crippen LogP contribution in [0.2, 0.25) is 0 Å². The van der Waals surface area contributed by atoms with E-state index in [2.05, 4.69) is 10.3 Å². The number of nitrogens with one attached hydrogen (secondary N) is 1. The zero-order valence-electron chi connectivity index (χ0n) is 12.8. The monoisotopic (exact) mass is 292 g/mol. The molecular formula is C15H24N4O2. The average molecular weight is 292 g/mol. The van der Waals surface area contributed by atoms with E-state index in [1.807, 2.05) is 17.9 Å². The molecule has 1 fully saturated rings. The number of nitrogens with zero attached hydrogens (tertiary/aromatic N) is 2. The minimum atomic E-state index is -0.168. The van der Waals surface area contributed by atoms with E-state index in [1.165, 1.54) is 0 Å². The quantitative estimate of drug-likeness (QED) is 0.861. The number of likely N-dealkylation sites (N-methyl/N-ethyl adjacent to an activating group) is 1. The van der Waals surface area contributed by atoms with Gasteiger partial charge in [0.1, 0.15) is 11.9 Å². The zero-order valence-corrected chi connectivity index (χ0v) is 12.8. The number of hydrogen-bond acceptors (Lipinski definition) is 5. The van der Waals surface area contributed by atoms with Crippen LogP contribution < -0.4 is 20.7 Å². The first-order valence-corrected chi connectivity index (χ1v) is 7.55. The Morgan fingerprint density at radius 1 is 1.52 bits per heavy atom. The van der Waals surface area contributed by atoms with Crippen LogP contribution in [0, 0.1) is 0 Å². The Morgan fingerprint density at radius 3 is 3.05 bits per heavy atom. The topological polar surface area (TPSA) is 80.5 Å². The summed E-state index contributed by atoms with van der Waals surface area (Å²) in [7, 11) is 1.67. The third-order valence-electron chi connectivity index (χ3n) is 3.66. The fourth-order valence-corrected chi connectivity index (χ4v) is 2.56. The number of carbonyl (C=O) groups is 1. The molecule has 0 saturated carbocycles. The Bertz CT molecular complexity index is 493. The highest BCUT2D eigenvalue weighted by molar-refractivity contribution is 5.85. The number of anilines is 2. The van der Waals surface area contributed by atoms with Gasteiger partial charge in [-0.25, -0.2) is 0 Å². The van der Waals surface area contributed by atoms with Crippen molar-refractivity contribution < 1.29 is 9.53 Å². The van der Waals surface area contributed by atoms with Crippen molar-refractivity contribution in [2.24, 2.45) is 0 Å². The number of nitrogen functional groups attached to an aromatic ring is 1. The van der Waals surface area contributed by atoms with Crippen molar-refractivity contribution >= 4 is 17.4 Å². The first-order chi connectivity index (χ1) is 10.2. The van der Waals surface area contributed by atoms with Crippen LogP contribution in [0.25, 0.3) is 0 Å². The van der Waals surface area contributed by atoms with E-state index < -0.39 is 0 Å². The molecule has 1 aromatic heterocycles. The van der Waals surface area contributed by atoms with Gasteiger partial charge in [0.2, 0.25) is 11.8 Å². The molecule has 0 aliphatic carbocycles. The van der Waals surface area contributed by atoms with Crippen molar-refractivity contribution in [2.45, 2.75) is 38.6 Å². The van der Waals surface area contributed by atoms with Gasteiger partial charge in [-0.15, -0.1) is 0 Å². The van der Waals surface area contributed by atoms with Crippen LogP contribution in [-0.2, 0) is 4.79 Å². The number of pyridine rings is 1. The van der Waals surface area contributed by atoms with Gasteiger partial charge in [0.15, 0.2) is 0 Å². The Morgan fingerprint density at radius 2 is 2.33 bits per heavy atom. The minimum absolute atomic E-state index is 0.0318. The number of amides is 1. The largest absolute Gasteiger partial charge is 0.476 e. The molecule has 3 N–H and O–H groups in total. The molecule has 1 unspecified atom stereocenters. The van der Waals surface area contributed by atoms with E-state index in [-0.39, 0.29) is 11.9 Å². The second-order valence-electron chi connectivity index (χ2n) is 5.23. The lowest BCUT2D eigenvalue weighted by molar-refractivity contribution is -0.122. The van der Waals surface area contributed by atoms with Crippen LogP contribution >= 0.6 is 0 Å². The predicted molar refractivity (Wildman–Crippen MR) is 83.5 cm³/mol. The molecule has 0 radical (unpaired) electrons. The highest BCUT2D eigenvalue weighted by Crippen LogP contribution is 2.28. The van der Waals surface area contributed by atoms with Gasteiger partial charge in [-0.1, -0.05) is 6.92 Å².